The van der Waals surface area contributed by atoms with Crippen molar-refractivity contribution >= 4 is 28.6 Å². The number of pyridine rings is 1. The Hall–Kier alpha value is -4.32. The summed E-state index contributed by atoms with van der Waals surface area (Å²) in [5.41, 5.74) is 4.11. The molecule has 3 aromatic carbocycles. The molecule has 0 amide bonds. The number of para-hydroxylation sites is 1. The molecule has 0 saturated heterocycles. The Morgan fingerprint density at radius 3 is 2.26 bits per heavy atom. The van der Waals surface area contributed by atoms with Crippen molar-refractivity contribution in [2.24, 2.45) is 0 Å². The summed E-state index contributed by atoms with van der Waals surface area (Å²) >= 11 is 0. The largest absolute Gasteiger partial charge is 0.454 e. The average Bonchev–Trinajstić information content (AvgIpc) is 2.86. The lowest BCUT2D eigenvalue weighted by Gasteiger charge is -2.10. The molecule has 0 aliphatic heterocycles. The number of hydrogen-bond acceptors (Lipinski definition) is 6. The molecule has 6 nitrogen and oxygen atoms in total. The van der Waals surface area contributed by atoms with Gasteiger partial charge in [0.05, 0.1) is 16.8 Å². The van der Waals surface area contributed by atoms with Gasteiger partial charge in [-0.3, -0.25) is 9.59 Å². The molecule has 4 aromatic rings. The third-order valence-electron chi connectivity index (χ3n) is 5.37. The van der Waals surface area contributed by atoms with Gasteiger partial charge in [-0.25, -0.2) is 9.78 Å². The Bertz CT molecular complexity index is 1360. The Kier molecular flexibility index (Phi) is 6.78. The lowest BCUT2D eigenvalue weighted by Crippen LogP contribution is -2.15. The minimum Gasteiger partial charge on any atom is -0.454 e. The number of nitrogens with zero attached hydrogens (tertiary/aromatic N) is 1. The Balaban J connectivity index is 1.55. The van der Waals surface area contributed by atoms with Crippen molar-refractivity contribution < 1.29 is 23.9 Å². The summed E-state index contributed by atoms with van der Waals surface area (Å²) in [5.74, 6) is -1.08. The van der Waals surface area contributed by atoms with Crippen LogP contribution in [0.25, 0.3) is 22.2 Å². The molecular weight excluding hydrogens is 430 g/mol. The van der Waals surface area contributed by atoms with E-state index in [1.807, 2.05) is 42.5 Å². The maximum Gasteiger partial charge on any atom is 0.339 e. The normalized spacial score (nSPS) is 10.6. The zero-order valence-corrected chi connectivity index (χ0v) is 18.9. The summed E-state index contributed by atoms with van der Waals surface area (Å²) in [7, 11) is 0. The highest BCUT2D eigenvalue weighted by Gasteiger charge is 2.17. The predicted molar refractivity (Wildman–Crippen MR) is 129 cm³/mol. The van der Waals surface area contributed by atoms with Crippen LogP contribution in [-0.2, 0) is 16.0 Å². The van der Waals surface area contributed by atoms with Crippen molar-refractivity contribution in [1.82, 2.24) is 4.98 Å². The Morgan fingerprint density at radius 2 is 1.59 bits per heavy atom. The topological polar surface area (TPSA) is 82.6 Å². The first kappa shape index (κ1) is 22.9. The fourth-order valence-electron chi connectivity index (χ4n) is 3.57. The van der Waals surface area contributed by atoms with Crippen LogP contribution in [-0.4, -0.2) is 29.3 Å². The number of aryl methyl sites for hydroxylation is 1. The molecule has 170 valence electrons. The van der Waals surface area contributed by atoms with Crippen LogP contribution < -0.4 is 4.74 Å². The molecule has 0 saturated carbocycles. The van der Waals surface area contributed by atoms with Crippen molar-refractivity contribution in [1.29, 1.82) is 0 Å². The third-order valence-corrected chi connectivity index (χ3v) is 5.37. The molecule has 34 heavy (non-hydrogen) atoms. The highest BCUT2D eigenvalue weighted by Crippen LogP contribution is 2.26. The van der Waals surface area contributed by atoms with Gasteiger partial charge in [-0.15, -0.1) is 0 Å². The lowest BCUT2D eigenvalue weighted by molar-refractivity contribution is -0.131. The molecule has 0 atom stereocenters. The van der Waals surface area contributed by atoms with Crippen molar-refractivity contribution in [3.8, 4) is 17.0 Å². The second kappa shape index (κ2) is 10.1. The van der Waals surface area contributed by atoms with Gasteiger partial charge in [0, 0.05) is 23.4 Å². The van der Waals surface area contributed by atoms with Crippen molar-refractivity contribution in [3.05, 3.63) is 95.6 Å². The Labute approximate surface area is 197 Å². The van der Waals surface area contributed by atoms with E-state index < -0.39 is 18.5 Å². The zero-order valence-electron chi connectivity index (χ0n) is 18.9. The summed E-state index contributed by atoms with van der Waals surface area (Å²) in [4.78, 5) is 41.3. The molecular formula is C28H23NO5. The van der Waals surface area contributed by atoms with Crippen LogP contribution in [0, 0.1) is 0 Å². The molecule has 0 spiro atoms. The minimum atomic E-state index is -0.602. The molecule has 1 aromatic heterocycles. The van der Waals surface area contributed by atoms with Crippen LogP contribution in [0.3, 0.4) is 0 Å². The van der Waals surface area contributed by atoms with Gasteiger partial charge in [0.15, 0.2) is 12.4 Å². The first-order valence-corrected chi connectivity index (χ1v) is 10.9. The number of fused-ring (bicyclic) bond motifs is 1. The van der Waals surface area contributed by atoms with Gasteiger partial charge in [0.1, 0.15) is 5.75 Å². The van der Waals surface area contributed by atoms with Gasteiger partial charge in [-0.1, -0.05) is 49.4 Å². The number of ether oxygens (including phenoxy) is 2. The number of carbonyl (C=O) groups is 3. The number of carbonyl (C=O) groups excluding carboxylic acids is 3. The number of aromatic nitrogens is 1. The number of esters is 2. The first-order chi connectivity index (χ1) is 16.4. The highest BCUT2D eigenvalue weighted by molar-refractivity contribution is 6.06. The number of rotatable bonds is 7. The molecule has 0 aliphatic rings. The summed E-state index contributed by atoms with van der Waals surface area (Å²) < 4.78 is 10.3. The van der Waals surface area contributed by atoms with E-state index in [2.05, 4.69) is 6.92 Å². The van der Waals surface area contributed by atoms with Gasteiger partial charge >= 0.3 is 11.9 Å². The second-order valence-electron chi connectivity index (χ2n) is 7.74. The third kappa shape index (κ3) is 5.18. The molecule has 0 radical (unpaired) electrons. The van der Waals surface area contributed by atoms with Gasteiger partial charge in [0.25, 0.3) is 0 Å². The molecule has 0 bridgehead atoms. The van der Waals surface area contributed by atoms with Gasteiger partial charge < -0.3 is 9.47 Å². The fourth-order valence-corrected chi connectivity index (χ4v) is 3.57. The van der Waals surface area contributed by atoms with E-state index >= 15 is 0 Å². The maximum atomic E-state index is 13.0. The fraction of sp³-hybridized carbons (Fsp3) is 0.143. The second-order valence-corrected chi connectivity index (χ2v) is 7.74. The van der Waals surface area contributed by atoms with Crippen LogP contribution in [0.4, 0.5) is 0 Å². The molecule has 6 heteroatoms. The first-order valence-electron chi connectivity index (χ1n) is 10.9. The van der Waals surface area contributed by atoms with Gasteiger partial charge in [-0.05, 0) is 48.4 Å². The lowest BCUT2D eigenvalue weighted by atomic mass is 10.0. The minimum absolute atomic E-state index is 0.337. The van der Waals surface area contributed by atoms with Crippen LogP contribution in [0.15, 0.2) is 78.9 Å². The predicted octanol–water partition coefficient (Wildman–Crippen LogP) is 5.43. The summed E-state index contributed by atoms with van der Waals surface area (Å²) in [5, 5.41) is 0.652. The quantitative estimate of drug-likeness (QED) is 0.211. The molecule has 1 heterocycles. The van der Waals surface area contributed by atoms with Crippen LogP contribution in [0.1, 0.15) is 40.1 Å². The van der Waals surface area contributed by atoms with E-state index in [0.717, 1.165) is 12.0 Å². The maximum absolute atomic E-state index is 13.0. The summed E-state index contributed by atoms with van der Waals surface area (Å²) in [6, 6.07) is 23.1. The van der Waals surface area contributed by atoms with E-state index in [4.69, 9.17) is 14.5 Å². The average molecular weight is 453 g/mol. The van der Waals surface area contributed by atoms with Crippen molar-refractivity contribution in [2.75, 3.05) is 6.61 Å². The van der Waals surface area contributed by atoms with Crippen molar-refractivity contribution in [2.45, 2.75) is 20.3 Å². The number of benzene rings is 3. The summed E-state index contributed by atoms with van der Waals surface area (Å²) in [6.07, 6.45) is 0.934. The molecule has 0 fully saturated rings. The summed E-state index contributed by atoms with van der Waals surface area (Å²) in [6.45, 7) is 2.98. The molecule has 4 rings (SSSR count). The molecule has 0 N–H and O–H groups in total. The number of hydrogen-bond donors (Lipinski definition) is 0. The van der Waals surface area contributed by atoms with E-state index in [1.54, 1.807) is 12.1 Å². The standard InChI is InChI=1S/C28H23NO5/c1-3-19-8-10-20(11-9-19)26-16-24(23-6-4-5-7-25(23)29-26)28(32)33-17-27(31)21-12-14-22(15-13-21)34-18(2)30/h4-16H,3,17H2,1-2H3. The van der Waals surface area contributed by atoms with E-state index in [0.29, 0.717) is 33.5 Å². The van der Waals surface area contributed by atoms with Gasteiger partial charge in [0.2, 0.25) is 0 Å². The van der Waals surface area contributed by atoms with E-state index in [1.165, 1.54) is 36.8 Å². The monoisotopic (exact) mass is 453 g/mol. The van der Waals surface area contributed by atoms with Gasteiger partial charge in [-0.2, -0.15) is 0 Å². The zero-order chi connectivity index (χ0) is 24.1. The molecule has 0 aliphatic carbocycles. The smallest absolute Gasteiger partial charge is 0.339 e. The van der Waals surface area contributed by atoms with Crippen LogP contribution in [0.5, 0.6) is 5.75 Å². The SMILES string of the molecule is CCc1ccc(-c2cc(C(=O)OCC(=O)c3ccc(OC(C)=O)cc3)c3ccccc3n2)cc1. The van der Waals surface area contributed by atoms with E-state index in [-0.39, 0.29) is 5.78 Å². The van der Waals surface area contributed by atoms with Crippen LogP contribution >= 0.6 is 0 Å². The Morgan fingerprint density at radius 1 is 0.882 bits per heavy atom. The van der Waals surface area contributed by atoms with E-state index in [9.17, 15) is 14.4 Å². The van der Waals surface area contributed by atoms with Crippen molar-refractivity contribution in [3.63, 3.8) is 0 Å². The molecule has 0 unspecified atom stereocenters. The highest BCUT2D eigenvalue weighted by atomic mass is 16.5. The van der Waals surface area contributed by atoms with Crippen LogP contribution in [0.2, 0.25) is 0 Å². The number of Topliss-reactive ketones (excluding diaryl/α,β-unsaturated/α-hetero) is 1. The number of ketones is 1.